The zero-order valence-corrected chi connectivity index (χ0v) is 14.6. The fraction of sp³-hybridized carbons (Fsp3) is 0.294. The van der Waals surface area contributed by atoms with Crippen molar-refractivity contribution >= 4 is 28.4 Å². The van der Waals surface area contributed by atoms with Gasteiger partial charge in [0, 0.05) is 23.2 Å². The summed E-state index contributed by atoms with van der Waals surface area (Å²) in [6, 6.07) is 6.16. The minimum absolute atomic E-state index is 0.273. The van der Waals surface area contributed by atoms with Gasteiger partial charge in [0.05, 0.1) is 11.1 Å². The number of alkyl halides is 3. The highest BCUT2D eigenvalue weighted by atomic mass is 32.2. The van der Waals surface area contributed by atoms with Gasteiger partial charge in [0.1, 0.15) is 11.6 Å². The van der Waals surface area contributed by atoms with Gasteiger partial charge in [-0.2, -0.15) is 13.2 Å². The molecule has 0 saturated heterocycles. The first-order chi connectivity index (χ1) is 12.2. The molecule has 0 radical (unpaired) electrons. The van der Waals surface area contributed by atoms with Crippen molar-refractivity contribution in [1.29, 1.82) is 0 Å². The number of hydrogen-bond donors (Lipinski definition) is 2. The van der Waals surface area contributed by atoms with Crippen LogP contribution in [0.5, 0.6) is 0 Å². The van der Waals surface area contributed by atoms with Crippen LogP contribution in [0.25, 0.3) is 0 Å². The van der Waals surface area contributed by atoms with Crippen LogP contribution in [0.3, 0.4) is 0 Å². The Hall–Kier alpha value is -2.29. The quantitative estimate of drug-likeness (QED) is 0.756. The number of anilines is 2. The fourth-order valence-corrected chi connectivity index (χ4v) is 3.74. The summed E-state index contributed by atoms with van der Waals surface area (Å²) in [5, 5.41) is 2.99. The molecule has 1 aromatic heterocycles. The zero-order valence-electron chi connectivity index (χ0n) is 13.8. The third-order valence-electron chi connectivity index (χ3n) is 4.12. The predicted octanol–water partition coefficient (Wildman–Crippen LogP) is 4.65. The van der Waals surface area contributed by atoms with Crippen molar-refractivity contribution in [3.63, 3.8) is 0 Å². The van der Waals surface area contributed by atoms with Crippen molar-refractivity contribution in [3.05, 3.63) is 53.5 Å². The second-order valence-corrected chi connectivity index (χ2v) is 7.15. The Bertz CT molecular complexity index is 853. The predicted molar refractivity (Wildman–Crippen MR) is 95.0 cm³/mol. The molecule has 1 aromatic carbocycles. The van der Waals surface area contributed by atoms with Crippen LogP contribution in [0, 0.1) is 5.82 Å². The first-order valence-electron chi connectivity index (χ1n) is 7.76. The number of aliphatic imine (C=N–C) groups is 1. The Morgan fingerprint density at radius 1 is 1.27 bits per heavy atom. The molecule has 0 bridgehead atoms. The molecule has 9 heteroatoms. The van der Waals surface area contributed by atoms with Gasteiger partial charge in [-0.25, -0.2) is 9.37 Å². The van der Waals surface area contributed by atoms with Gasteiger partial charge in [-0.15, -0.1) is 0 Å². The highest BCUT2D eigenvalue weighted by Gasteiger charge is 2.35. The summed E-state index contributed by atoms with van der Waals surface area (Å²) < 4.78 is 53.7. The van der Waals surface area contributed by atoms with Crippen LogP contribution in [0.15, 0.2) is 41.5 Å². The van der Waals surface area contributed by atoms with Crippen LogP contribution in [0.4, 0.5) is 29.1 Å². The van der Waals surface area contributed by atoms with Gasteiger partial charge < -0.3 is 11.1 Å². The van der Waals surface area contributed by atoms with Crippen LogP contribution in [-0.4, -0.2) is 15.9 Å². The third kappa shape index (κ3) is 3.77. The standard InChI is InChI=1S/C17H16F4N4S/c1-16(6-8-26-15(22)25-16)12-9-10(4-5-13(12)18)24-14-11(17(19,20)21)3-2-7-23-14/h2-5,7,9H,6,8H2,1H3,(H2,22,25)(H,23,24)/t16-/m0/s1. The van der Waals surface area contributed by atoms with E-state index in [9.17, 15) is 17.6 Å². The van der Waals surface area contributed by atoms with Gasteiger partial charge in [0.25, 0.3) is 0 Å². The van der Waals surface area contributed by atoms with Gasteiger partial charge in [0.15, 0.2) is 5.17 Å². The van der Waals surface area contributed by atoms with Crippen molar-refractivity contribution in [1.82, 2.24) is 4.98 Å². The molecule has 0 fully saturated rings. The average Bonchev–Trinajstić information content (AvgIpc) is 2.56. The number of pyridine rings is 1. The lowest BCUT2D eigenvalue weighted by Crippen LogP contribution is -2.29. The number of amidine groups is 1. The van der Waals surface area contributed by atoms with Gasteiger partial charge in [-0.1, -0.05) is 11.8 Å². The maximum Gasteiger partial charge on any atom is 0.419 e. The van der Waals surface area contributed by atoms with Gasteiger partial charge in [-0.05, 0) is 43.7 Å². The monoisotopic (exact) mass is 384 g/mol. The number of thioether (sulfide) groups is 1. The van der Waals surface area contributed by atoms with Crippen LogP contribution in [-0.2, 0) is 11.7 Å². The molecule has 2 aromatic rings. The molecule has 1 aliphatic rings. The average molecular weight is 384 g/mol. The summed E-state index contributed by atoms with van der Waals surface area (Å²) in [5.41, 5.74) is 4.57. The van der Waals surface area contributed by atoms with E-state index in [0.717, 1.165) is 6.07 Å². The molecule has 138 valence electrons. The SMILES string of the molecule is C[C@@]1(c2cc(Nc3ncccc3C(F)(F)F)ccc2F)CCSC(N)=N1. The second kappa shape index (κ2) is 6.79. The first-order valence-corrected chi connectivity index (χ1v) is 8.75. The molecule has 0 aliphatic carbocycles. The molecule has 2 heterocycles. The molecular weight excluding hydrogens is 368 g/mol. The number of halogens is 4. The lowest BCUT2D eigenvalue weighted by atomic mass is 9.89. The normalized spacial score (nSPS) is 20.6. The number of aromatic nitrogens is 1. The molecule has 0 unspecified atom stereocenters. The number of benzene rings is 1. The lowest BCUT2D eigenvalue weighted by Gasteiger charge is -2.30. The summed E-state index contributed by atoms with van der Waals surface area (Å²) in [4.78, 5) is 8.10. The highest BCUT2D eigenvalue weighted by molar-refractivity contribution is 8.13. The second-order valence-electron chi connectivity index (χ2n) is 6.04. The van der Waals surface area contributed by atoms with E-state index in [4.69, 9.17) is 5.73 Å². The molecular formula is C17H16F4N4S. The summed E-state index contributed by atoms with van der Waals surface area (Å²) >= 11 is 1.39. The molecule has 1 atom stereocenters. The third-order valence-corrected chi connectivity index (χ3v) is 4.91. The van der Waals surface area contributed by atoms with Crippen LogP contribution in [0.2, 0.25) is 0 Å². The van der Waals surface area contributed by atoms with E-state index >= 15 is 0 Å². The summed E-state index contributed by atoms with van der Waals surface area (Å²) in [6.07, 6.45) is -2.73. The molecule has 1 aliphatic heterocycles. The maximum absolute atomic E-state index is 14.4. The van der Waals surface area contributed by atoms with Gasteiger partial charge >= 0.3 is 6.18 Å². The molecule has 26 heavy (non-hydrogen) atoms. The van der Waals surface area contributed by atoms with Crippen LogP contribution >= 0.6 is 11.8 Å². The summed E-state index contributed by atoms with van der Waals surface area (Å²) in [5.74, 6) is -0.148. The van der Waals surface area contributed by atoms with Gasteiger partial charge in [0.2, 0.25) is 0 Å². The Morgan fingerprint density at radius 3 is 2.73 bits per heavy atom. The van der Waals surface area contributed by atoms with E-state index in [-0.39, 0.29) is 11.4 Å². The largest absolute Gasteiger partial charge is 0.419 e. The molecule has 3 rings (SSSR count). The van der Waals surface area contributed by atoms with Crippen molar-refractivity contribution in [2.45, 2.75) is 25.1 Å². The Kier molecular flexibility index (Phi) is 4.83. The number of nitrogens with two attached hydrogens (primary N) is 1. The van der Waals surface area contributed by atoms with E-state index in [1.807, 2.05) is 0 Å². The van der Waals surface area contributed by atoms with E-state index < -0.39 is 23.1 Å². The van der Waals surface area contributed by atoms with E-state index in [2.05, 4.69) is 15.3 Å². The number of nitrogens with zero attached hydrogens (tertiary/aromatic N) is 2. The Labute approximate surface area is 151 Å². The van der Waals surface area contributed by atoms with Crippen LogP contribution < -0.4 is 11.1 Å². The van der Waals surface area contributed by atoms with Gasteiger partial charge in [-0.3, -0.25) is 4.99 Å². The summed E-state index contributed by atoms with van der Waals surface area (Å²) in [6.45, 7) is 1.75. The van der Waals surface area contributed by atoms with E-state index in [0.29, 0.717) is 23.0 Å². The fourth-order valence-electron chi connectivity index (χ4n) is 2.77. The molecule has 0 saturated carbocycles. The number of rotatable bonds is 3. The Balaban J connectivity index is 1.99. The lowest BCUT2D eigenvalue weighted by molar-refractivity contribution is -0.137. The smallest absolute Gasteiger partial charge is 0.379 e. The zero-order chi connectivity index (χ0) is 18.9. The van der Waals surface area contributed by atoms with Crippen LogP contribution in [0.1, 0.15) is 24.5 Å². The maximum atomic E-state index is 14.4. The van der Waals surface area contributed by atoms with E-state index in [1.54, 1.807) is 6.92 Å². The number of nitrogens with one attached hydrogen (secondary N) is 1. The van der Waals surface area contributed by atoms with Crippen molar-refractivity contribution in [2.75, 3.05) is 11.1 Å². The first kappa shape index (κ1) is 18.5. The minimum Gasteiger partial charge on any atom is -0.379 e. The van der Waals surface area contributed by atoms with Crippen molar-refractivity contribution in [3.8, 4) is 0 Å². The topological polar surface area (TPSA) is 63.3 Å². The molecule has 3 N–H and O–H groups in total. The highest BCUT2D eigenvalue weighted by Crippen LogP contribution is 2.39. The summed E-state index contributed by atoms with van der Waals surface area (Å²) in [7, 11) is 0. The van der Waals surface area contributed by atoms with Crippen molar-refractivity contribution < 1.29 is 17.6 Å². The Morgan fingerprint density at radius 2 is 2.04 bits per heavy atom. The molecule has 0 amide bonds. The number of hydrogen-bond acceptors (Lipinski definition) is 5. The minimum atomic E-state index is -4.55. The van der Waals surface area contributed by atoms with Crippen molar-refractivity contribution in [2.24, 2.45) is 10.7 Å². The van der Waals surface area contributed by atoms with E-state index in [1.165, 1.54) is 42.2 Å². The molecule has 4 nitrogen and oxygen atoms in total. The molecule has 0 spiro atoms.